The van der Waals surface area contributed by atoms with E-state index in [0.29, 0.717) is 18.7 Å². The van der Waals surface area contributed by atoms with Crippen molar-refractivity contribution in [1.29, 1.82) is 5.26 Å². The zero-order chi connectivity index (χ0) is 14.5. The number of nitrogens with zero attached hydrogens (tertiary/aromatic N) is 1. The number of halogens is 1. The summed E-state index contributed by atoms with van der Waals surface area (Å²) in [5.41, 5.74) is 1.05. The molecule has 5 heteroatoms. The summed E-state index contributed by atoms with van der Waals surface area (Å²) in [6.07, 6.45) is 2.60. The van der Waals surface area contributed by atoms with Crippen LogP contribution in [-0.2, 0) is 11.3 Å². The van der Waals surface area contributed by atoms with Gasteiger partial charge in [-0.25, -0.2) is 4.39 Å². The summed E-state index contributed by atoms with van der Waals surface area (Å²) < 4.78 is 13.0. The van der Waals surface area contributed by atoms with Gasteiger partial charge in [0.1, 0.15) is 5.82 Å². The lowest BCUT2D eigenvalue weighted by atomic mass is 9.96. The van der Waals surface area contributed by atoms with Crippen LogP contribution in [-0.4, -0.2) is 17.6 Å². The van der Waals surface area contributed by atoms with Crippen molar-refractivity contribution in [2.24, 2.45) is 11.8 Å². The molecule has 2 atom stereocenters. The lowest BCUT2D eigenvalue weighted by Crippen LogP contribution is -2.28. The van der Waals surface area contributed by atoms with Crippen LogP contribution >= 0.6 is 0 Å². The normalized spacial score (nSPS) is 21.6. The Kier molecular flexibility index (Phi) is 4.70. The molecule has 1 aromatic carbocycles. The fraction of sp³-hybridized carbons (Fsp3) is 0.467. The molecule has 20 heavy (non-hydrogen) atoms. The molecule has 0 spiro atoms. The second-order valence-electron chi connectivity index (χ2n) is 5.18. The number of rotatable bonds is 5. The first-order valence-corrected chi connectivity index (χ1v) is 6.74. The molecule has 2 N–H and O–H groups in total. The van der Waals surface area contributed by atoms with Crippen LogP contribution in [0.1, 0.15) is 30.4 Å². The van der Waals surface area contributed by atoms with Crippen LogP contribution in [0.25, 0.3) is 0 Å². The maximum absolute atomic E-state index is 13.0. The van der Waals surface area contributed by atoms with Crippen molar-refractivity contribution in [2.45, 2.75) is 25.8 Å². The number of benzene rings is 1. The minimum Gasteiger partial charge on any atom is -0.481 e. The second-order valence-corrected chi connectivity index (χ2v) is 5.18. The van der Waals surface area contributed by atoms with Crippen LogP contribution in [0.5, 0.6) is 0 Å². The van der Waals surface area contributed by atoms with Gasteiger partial charge in [-0.3, -0.25) is 4.79 Å². The Bertz CT molecular complexity index is 539. The van der Waals surface area contributed by atoms with E-state index in [-0.39, 0.29) is 11.8 Å². The minimum absolute atomic E-state index is 0.137. The van der Waals surface area contributed by atoms with Gasteiger partial charge in [0.25, 0.3) is 0 Å². The standard InChI is InChI=1S/C15H17FN2O2/c16-13-5-4-10(12(6-13)7-17)8-18-9-11-2-1-3-14(11)15(19)20/h4-6,11,14,18H,1-3,8-9H2,(H,19,20). The average Bonchev–Trinajstić information content (AvgIpc) is 2.89. The van der Waals surface area contributed by atoms with Crippen LogP contribution in [0.3, 0.4) is 0 Å². The van der Waals surface area contributed by atoms with E-state index in [1.165, 1.54) is 12.1 Å². The van der Waals surface area contributed by atoms with E-state index in [4.69, 9.17) is 10.4 Å². The van der Waals surface area contributed by atoms with Gasteiger partial charge in [0.05, 0.1) is 17.6 Å². The van der Waals surface area contributed by atoms with E-state index in [1.807, 2.05) is 6.07 Å². The first-order chi connectivity index (χ1) is 9.61. The molecule has 2 rings (SSSR count). The molecule has 0 saturated heterocycles. The minimum atomic E-state index is -0.728. The van der Waals surface area contributed by atoms with E-state index in [0.717, 1.165) is 24.8 Å². The largest absolute Gasteiger partial charge is 0.481 e. The third-order valence-electron chi connectivity index (χ3n) is 3.89. The lowest BCUT2D eigenvalue weighted by Gasteiger charge is -2.16. The monoisotopic (exact) mass is 276 g/mol. The second kappa shape index (κ2) is 6.49. The molecule has 0 aliphatic heterocycles. The lowest BCUT2D eigenvalue weighted by molar-refractivity contribution is -0.142. The summed E-state index contributed by atoms with van der Waals surface area (Å²) in [6, 6.07) is 6.10. The molecule has 1 aromatic rings. The Labute approximate surface area is 117 Å². The number of carboxylic acids is 1. The molecule has 0 bridgehead atoms. The molecule has 1 aliphatic rings. The Hall–Kier alpha value is -1.93. The van der Waals surface area contributed by atoms with Gasteiger partial charge in [0.15, 0.2) is 0 Å². The zero-order valence-electron chi connectivity index (χ0n) is 11.1. The van der Waals surface area contributed by atoms with E-state index in [9.17, 15) is 9.18 Å². The number of hydrogen-bond donors (Lipinski definition) is 2. The Morgan fingerprint density at radius 3 is 3.00 bits per heavy atom. The number of carboxylic acid groups (broad SMARTS) is 1. The van der Waals surface area contributed by atoms with Crippen LogP contribution in [0, 0.1) is 29.0 Å². The molecule has 1 saturated carbocycles. The molecule has 0 heterocycles. The number of nitriles is 1. The molecule has 0 aromatic heterocycles. The van der Waals surface area contributed by atoms with Crippen molar-refractivity contribution in [2.75, 3.05) is 6.54 Å². The number of hydrogen-bond acceptors (Lipinski definition) is 3. The number of aliphatic carboxylic acids is 1. The summed E-state index contributed by atoms with van der Waals surface area (Å²) in [6.45, 7) is 1.06. The summed E-state index contributed by atoms with van der Waals surface area (Å²) in [4.78, 5) is 11.1. The molecule has 0 radical (unpaired) electrons. The molecule has 0 amide bonds. The maximum Gasteiger partial charge on any atom is 0.306 e. The molecule has 1 fully saturated rings. The van der Waals surface area contributed by atoms with Crippen molar-refractivity contribution in [3.05, 3.63) is 35.1 Å². The fourth-order valence-corrected chi connectivity index (χ4v) is 2.81. The highest BCUT2D eigenvalue weighted by Gasteiger charge is 2.32. The fourth-order valence-electron chi connectivity index (χ4n) is 2.81. The van der Waals surface area contributed by atoms with Crippen LogP contribution < -0.4 is 5.32 Å². The number of nitrogens with one attached hydrogen (secondary N) is 1. The molecular weight excluding hydrogens is 259 g/mol. The zero-order valence-corrected chi connectivity index (χ0v) is 11.1. The Morgan fingerprint density at radius 2 is 2.30 bits per heavy atom. The molecule has 2 unspecified atom stereocenters. The predicted molar refractivity (Wildman–Crippen MR) is 71.3 cm³/mol. The van der Waals surface area contributed by atoms with Gasteiger partial charge in [0.2, 0.25) is 0 Å². The smallest absolute Gasteiger partial charge is 0.306 e. The van der Waals surface area contributed by atoms with E-state index in [1.54, 1.807) is 6.07 Å². The quantitative estimate of drug-likeness (QED) is 0.865. The third-order valence-corrected chi connectivity index (χ3v) is 3.89. The Morgan fingerprint density at radius 1 is 1.50 bits per heavy atom. The highest BCUT2D eigenvalue weighted by atomic mass is 19.1. The van der Waals surface area contributed by atoms with Gasteiger partial charge < -0.3 is 10.4 Å². The van der Waals surface area contributed by atoms with Gasteiger partial charge in [-0.05, 0) is 43.0 Å². The van der Waals surface area contributed by atoms with Crippen molar-refractivity contribution >= 4 is 5.97 Å². The number of carbonyl (C=O) groups is 1. The summed E-state index contributed by atoms with van der Waals surface area (Å²) in [5.74, 6) is -1.29. The van der Waals surface area contributed by atoms with Crippen LogP contribution in [0.4, 0.5) is 4.39 Å². The van der Waals surface area contributed by atoms with Crippen LogP contribution in [0.2, 0.25) is 0 Å². The maximum atomic E-state index is 13.0. The van der Waals surface area contributed by atoms with Gasteiger partial charge in [0, 0.05) is 6.54 Å². The van der Waals surface area contributed by atoms with Crippen molar-refractivity contribution < 1.29 is 14.3 Å². The highest BCUT2D eigenvalue weighted by Crippen LogP contribution is 2.31. The third kappa shape index (κ3) is 3.34. The SMILES string of the molecule is N#Cc1cc(F)ccc1CNCC1CCCC1C(=O)O. The van der Waals surface area contributed by atoms with Gasteiger partial charge >= 0.3 is 5.97 Å². The molecule has 1 aliphatic carbocycles. The molecule has 4 nitrogen and oxygen atoms in total. The summed E-state index contributed by atoms with van der Waals surface area (Å²) >= 11 is 0. The molecular formula is C15H17FN2O2. The highest BCUT2D eigenvalue weighted by molar-refractivity contribution is 5.70. The van der Waals surface area contributed by atoms with Gasteiger partial charge in [-0.15, -0.1) is 0 Å². The van der Waals surface area contributed by atoms with E-state index >= 15 is 0 Å². The molecule has 106 valence electrons. The first-order valence-electron chi connectivity index (χ1n) is 6.74. The predicted octanol–water partition coefficient (Wildman–Crippen LogP) is 2.29. The van der Waals surface area contributed by atoms with Gasteiger partial charge in [-0.1, -0.05) is 12.5 Å². The first kappa shape index (κ1) is 14.5. The summed E-state index contributed by atoms with van der Waals surface area (Å²) in [7, 11) is 0. The van der Waals surface area contributed by atoms with Crippen LogP contribution in [0.15, 0.2) is 18.2 Å². The van der Waals surface area contributed by atoms with E-state index < -0.39 is 11.8 Å². The van der Waals surface area contributed by atoms with Crippen molar-refractivity contribution in [1.82, 2.24) is 5.32 Å². The topological polar surface area (TPSA) is 73.1 Å². The average molecular weight is 276 g/mol. The Balaban J connectivity index is 1.90. The summed E-state index contributed by atoms with van der Waals surface area (Å²) in [5, 5.41) is 21.2. The van der Waals surface area contributed by atoms with Crippen molar-refractivity contribution in [3.8, 4) is 6.07 Å². The van der Waals surface area contributed by atoms with Crippen molar-refractivity contribution in [3.63, 3.8) is 0 Å². The van der Waals surface area contributed by atoms with E-state index in [2.05, 4.69) is 5.32 Å². The van der Waals surface area contributed by atoms with Gasteiger partial charge in [-0.2, -0.15) is 5.26 Å².